The molecule has 0 spiro atoms. The molecule has 0 aliphatic carbocycles. The van der Waals surface area contributed by atoms with Gasteiger partial charge in [0.15, 0.2) is 0 Å². The van der Waals surface area contributed by atoms with Crippen LogP contribution < -0.4 is 4.74 Å². The number of hydrogen-bond acceptors (Lipinski definition) is 4. The minimum absolute atomic E-state index is 0.194. The van der Waals surface area contributed by atoms with E-state index in [0.717, 1.165) is 26.6 Å². The van der Waals surface area contributed by atoms with Crippen LogP contribution in [-0.2, 0) is 6.42 Å². The molecule has 1 aromatic carbocycles. The Kier molecular flexibility index (Phi) is 4.29. The molecule has 2 aromatic rings. The highest BCUT2D eigenvalue weighted by molar-refractivity contribution is 9.10. The second kappa shape index (κ2) is 6.16. The van der Waals surface area contributed by atoms with Gasteiger partial charge < -0.3 is 9.84 Å². The fourth-order valence-electron chi connectivity index (χ4n) is 2.10. The van der Waals surface area contributed by atoms with Gasteiger partial charge in [-0.25, -0.2) is 0 Å². The normalized spacial score (nSPS) is 19.0. The Balaban J connectivity index is 1.67. The van der Waals surface area contributed by atoms with E-state index in [0.29, 0.717) is 6.42 Å². The van der Waals surface area contributed by atoms with Crippen molar-refractivity contribution in [1.29, 1.82) is 0 Å². The summed E-state index contributed by atoms with van der Waals surface area (Å²) in [5.41, 5.74) is 0.869. The highest BCUT2D eigenvalue weighted by Crippen LogP contribution is 2.35. The Bertz CT molecular complexity index is 591. The molecular formula is C15H14BrNO2S. The first-order chi connectivity index (χ1) is 9.72. The number of aliphatic hydroxyl groups is 1. The maximum Gasteiger partial charge on any atom is 0.134 e. The van der Waals surface area contributed by atoms with Gasteiger partial charge in [-0.1, -0.05) is 12.1 Å². The third kappa shape index (κ3) is 3.16. The molecule has 0 amide bonds. The van der Waals surface area contributed by atoms with Gasteiger partial charge in [-0.3, -0.25) is 4.98 Å². The molecule has 0 bridgehead atoms. The minimum atomic E-state index is -0.551. The van der Waals surface area contributed by atoms with Gasteiger partial charge in [-0.05, 0) is 40.2 Å². The number of hydrogen-bond donors (Lipinski definition) is 1. The summed E-state index contributed by atoms with van der Waals surface area (Å²) in [7, 11) is 0. The number of fused-ring (bicyclic) bond motifs is 1. The van der Waals surface area contributed by atoms with Crippen LogP contribution in [0.3, 0.4) is 0 Å². The van der Waals surface area contributed by atoms with Crippen LogP contribution in [0.15, 0.2) is 52.0 Å². The van der Waals surface area contributed by atoms with Crippen LogP contribution in [-0.4, -0.2) is 28.1 Å². The van der Waals surface area contributed by atoms with Crippen molar-refractivity contribution in [2.24, 2.45) is 0 Å². The fraction of sp³-hybridized carbons (Fsp3) is 0.267. The standard InChI is InChI=1S/C15H14BrNO2S/c16-10-5-6-11(17-8-10)7-12(18)14-9-20-15-4-2-1-3-13(15)19-14/h1-6,8,12,14,18H,7,9H2. The molecule has 2 unspecified atom stereocenters. The monoisotopic (exact) mass is 351 g/mol. The lowest BCUT2D eigenvalue weighted by molar-refractivity contribution is 0.0462. The molecule has 2 atom stereocenters. The smallest absolute Gasteiger partial charge is 0.134 e. The molecule has 1 aliphatic rings. The average Bonchev–Trinajstić information content (AvgIpc) is 2.49. The number of aromatic nitrogens is 1. The predicted octanol–water partition coefficient (Wildman–Crippen LogP) is 3.30. The molecule has 3 rings (SSSR count). The summed E-state index contributed by atoms with van der Waals surface area (Å²) < 4.78 is 6.82. The zero-order chi connectivity index (χ0) is 13.9. The van der Waals surface area contributed by atoms with Gasteiger partial charge in [0.05, 0.1) is 6.10 Å². The first-order valence-corrected chi connectivity index (χ1v) is 8.17. The van der Waals surface area contributed by atoms with Crippen molar-refractivity contribution >= 4 is 27.7 Å². The van der Waals surface area contributed by atoms with Crippen molar-refractivity contribution in [1.82, 2.24) is 4.98 Å². The number of halogens is 1. The molecule has 1 N–H and O–H groups in total. The van der Waals surface area contributed by atoms with Crippen LogP contribution in [0.25, 0.3) is 0 Å². The van der Waals surface area contributed by atoms with Gasteiger partial charge in [0.1, 0.15) is 11.9 Å². The van der Waals surface area contributed by atoms with E-state index in [1.807, 2.05) is 36.4 Å². The summed E-state index contributed by atoms with van der Waals surface area (Å²) in [6.45, 7) is 0. The largest absolute Gasteiger partial charge is 0.486 e. The van der Waals surface area contributed by atoms with E-state index < -0.39 is 6.10 Å². The highest BCUT2D eigenvalue weighted by Gasteiger charge is 2.27. The molecule has 0 saturated heterocycles. The third-order valence-corrected chi connectivity index (χ3v) is 4.78. The average molecular weight is 352 g/mol. The number of thioether (sulfide) groups is 1. The molecule has 0 radical (unpaired) electrons. The topological polar surface area (TPSA) is 42.4 Å². The minimum Gasteiger partial charge on any atom is -0.486 e. The van der Waals surface area contributed by atoms with Crippen LogP contribution >= 0.6 is 27.7 Å². The number of aliphatic hydroxyl groups excluding tert-OH is 1. The number of nitrogens with zero attached hydrogens (tertiary/aromatic N) is 1. The van der Waals surface area contributed by atoms with E-state index in [1.54, 1.807) is 18.0 Å². The number of pyridine rings is 1. The predicted molar refractivity (Wildman–Crippen MR) is 83.2 cm³/mol. The number of benzene rings is 1. The Morgan fingerprint density at radius 2 is 2.20 bits per heavy atom. The van der Waals surface area contributed by atoms with Crippen molar-refractivity contribution in [3.8, 4) is 5.75 Å². The Hall–Kier alpha value is -1.04. The van der Waals surface area contributed by atoms with E-state index in [-0.39, 0.29) is 6.10 Å². The number of ether oxygens (including phenoxy) is 1. The van der Waals surface area contributed by atoms with E-state index in [2.05, 4.69) is 20.9 Å². The Morgan fingerprint density at radius 1 is 1.35 bits per heavy atom. The molecule has 2 heterocycles. The van der Waals surface area contributed by atoms with E-state index >= 15 is 0 Å². The SMILES string of the molecule is OC(Cc1ccc(Br)cn1)C1CSc2ccccc2O1. The zero-order valence-electron chi connectivity index (χ0n) is 10.7. The molecule has 0 saturated carbocycles. The van der Waals surface area contributed by atoms with Crippen molar-refractivity contribution in [2.45, 2.75) is 23.5 Å². The van der Waals surface area contributed by atoms with Crippen LogP contribution in [0.1, 0.15) is 5.69 Å². The zero-order valence-corrected chi connectivity index (χ0v) is 13.1. The van der Waals surface area contributed by atoms with Crippen molar-refractivity contribution < 1.29 is 9.84 Å². The molecule has 104 valence electrons. The van der Waals surface area contributed by atoms with Gasteiger partial charge in [-0.2, -0.15) is 0 Å². The van der Waals surface area contributed by atoms with Crippen LogP contribution in [0.5, 0.6) is 5.75 Å². The molecule has 0 fully saturated rings. The van der Waals surface area contributed by atoms with Gasteiger partial charge in [-0.15, -0.1) is 11.8 Å². The van der Waals surface area contributed by atoms with Crippen molar-refractivity contribution in [3.05, 3.63) is 52.8 Å². The molecule has 1 aromatic heterocycles. The maximum atomic E-state index is 10.3. The second-order valence-electron chi connectivity index (χ2n) is 4.65. The van der Waals surface area contributed by atoms with E-state index in [9.17, 15) is 5.11 Å². The van der Waals surface area contributed by atoms with Crippen molar-refractivity contribution in [3.63, 3.8) is 0 Å². The molecular weight excluding hydrogens is 338 g/mol. The summed E-state index contributed by atoms with van der Waals surface area (Å²) in [6, 6.07) is 11.8. The van der Waals surface area contributed by atoms with Crippen LogP contribution in [0.2, 0.25) is 0 Å². The first-order valence-electron chi connectivity index (χ1n) is 6.39. The number of para-hydroxylation sites is 1. The Morgan fingerprint density at radius 3 is 3.00 bits per heavy atom. The quantitative estimate of drug-likeness (QED) is 0.921. The van der Waals surface area contributed by atoms with Crippen molar-refractivity contribution in [2.75, 3.05) is 5.75 Å². The summed E-state index contributed by atoms with van der Waals surface area (Å²) in [6.07, 6.45) is 1.50. The lowest BCUT2D eigenvalue weighted by Gasteiger charge is -2.29. The summed E-state index contributed by atoms with van der Waals surface area (Å²) in [5.74, 6) is 1.62. The molecule has 1 aliphatic heterocycles. The summed E-state index contributed by atoms with van der Waals surface area (Å²) >= 11 is 5.08. The first kappa shape index (κ1) is 13.9. The van der Waals surface area contributed by atoms with Gasteiger partial charge >= 0.3 is 0 Å². The highest BCUT2D eigenvalue weighted by atomic mass is 79.9. The van der Waals surface area contributed by atoms with Crippen LogP contribution in [0, 0.1) is 0 Å². The lowest BCUT2D eigenvalue weighted by Crippen LogP contribution is -2.37. The number of rotatable bonds is 3. The molecule has 20 heavy (non-hydrogen) atoms. The Labute approximate surface area is 130 Å². The summed E-state index contributed by atoms with van der Waals surface area (Å²) in [5, 5.41) is 10.3. The summed E-state index contributed by atoms with van der Waals surface area (Å²) in [4.78, 5) is 5.42. The van der Waals surface area contributed by atoms with E-state index in [4.69, 9.17) is 4.74 Å². The molecule has 5 heteroatoms. The van der Waals surface area contributed by atoms with Gasteiger partial charge in [0.25, 0.3) is 0 Å². The maximum absolute atomic E-state index is 10.3. The fourth-order valence-corrected chi connectivity index (χ4v) is 3.40. The van der Waals surface area contributed by atoms with Gasteiger partial charge in [0.2, 0.25) is 0 Å². The third-order valence-electron chi connectivity index (χ3n) is 3.17. The second-order valence-corrected chi connectivity index (χ2v) is 6.63. The van der Waals surface area contributed by atoms with Gasteiger partial charge in [0, 0.05) is 33.4 Å². The molecule has 3 nitrogen and oxygen atoms in total. The van der Waals surface area contributed by atoms with E-state index in [1.165, 1.54) is 0 Å². The van der Waals surface area contributed by atoms with Crippen LogP contribution in [0.4, 0.5) is 0 Å². The lowest BCUT2D eigenvalue weighted by atomic mass is 10.1.